The van der Waals surface area contributed by atoms with Gasteiger partial charge in [-0.05, 0) is 71.0 Å². The summed E-state index contributed by atoms with van der Waals surface area (Å²) in [7, 11) is 3.07. The third-order valence-corrected chi connectivity index (χ3v) is 4.42. The van der Waals surface area contributed by atoms with Crippen LogP contribution in [0, 0.1) is 5.82 Å². The molecule has 0 spiro atoms. The van der Waals surface area contributed by atoms with Crippen LogP contribution < -0.4 is 20.1 Å². The minimum absolute atomic E-state index is 0.0378. The summed E-state index contributed by atoms with van der Waals surface area (Å²) >= 11 is 0. The van der Waals surface area contributed by atoms with Crippen LogP contribution in [0.15, 0.2) is 35.9 Å². The van der Waals surface area contributed by atoms with Crippen molar-refractivity contribution in [3.05, 3.63) is 47.3 Å². The zero-order valence-electron chi connectivity index (χ0n) is 18.7. The molecule has 2 N–H and O–H groups in total. The summed E-state index contributed by atoms with van der Waals surface area (Å²) in [4.78, 5) is 12.2. The van der Waals surface area contributed by atoms with E-state index in [0.29, 0.717) is 39.4 Å². The molecule has 0 saturated heterocycles. The number of halogens is 1. The number of methoxy groups -OCH3 is 2. The molecule has 2 aromatic carbocycles. The number of hydrogen-bond acceptors (Lipinski definition) is 4. The number of ether oxygens (including phenoxy) is 2. The zero-order valence-corrected chi connectivity index (χ0v) is 18.7. The fourth-order valence-electron chi connectivity index (χ4n) is 3.08. The van der Waals surface area contributed by atoms with E-state index in [2.05, 4.69) is 10.6 Å². The summed E-state index contributed by atoms with van der Waals surface area (Å²) in [6, 6.07) is 8.73. The average molecular weight is 415 g/mol. The van der Waals surface area contributed by atoms with Gasteiger partial charge in [-0.1, -0.05) is 0 Å². The van der Waals surface area contributed by atoms with Gasteiger partial charge in [0.2, 0.25) is 5.91 Å². The van der Waals surface area contributed by atoms with E-state index in [1.807, 2.05) is 33.8 Å². The summed E-state index contributed by atoms with van der Waals surface area (Å²) in [5, 5.41) is 6.05. The standard InChI is InChI=1S/C24H31FN2O3/c1-14(2)26-18-8-9-19(21(25)12-18)20-13-22(29-6)17(11-23(20)30-7)10-16(5)24(28)27-15(3)4/h8-15,26H,1-7H3,(H,27,28). The first kappa shape index (κ1) is 23.3. The number of nitrogens with one attached hydrogen (secondary N) is 2. The van der Waals surface area contributed by atoms with Crippen molar-refractivity contribution in [1.29, 1.82) is 0 Å². The Morgan fingerprint density at radius 3 is 2.17 bits per heavy atom. The van der Waals surface area contributed by atoms with Gasteiger partial charge in [0.1, 0.15) is 17.3 Å². The fourth-order valence-corrected chi connectivity index (χ4v) is 3.08. The van der Waals surface area contributed by atoms with Gasteiger partial charge in [-0.15, -0.1) is 0 Å². The number of benzene rings is 2. The highest BCUT2D eigenvalue weighted by atomic mass is 19.1. The van der Waals surface area contributed by atoms with Gasteiger partial charge in [0.05, 0.1) is 14.2 Å². The Morgan fingerprint density at radius 1 is 0.967 bits per heavy atom. The molecule has 0 bridgehead atoms. The Kier molecular flexibility index (Phi) is 7.86. The van der Waals surface area contributed by atoms with Crippen molar-refractivity contribution >= 4 is 17.7 Å². The Labute approximate surface area is 178 Å². The molecule has 0 heterocycles. The van der Waals surface area contributed by atoms with Gasteiger partial charge in [0, 0.05) is 40.0 Å². The van der Waals surface area contributed by atoms with E-state index in [1.165, 1.54) is 13.2 Å². The lowest BCUT2D eigenvalue weighted by Crippen LogP contribution is -2.30. The van der Waals surface area contributed by atoms with E-state index in [1.54, 1.807) is 38.3 Å². The van der Waals surface area contributed by atoms with Gasteiger partial charge in [-0.2, -0.15) is 0 Å². The molecule has 0 aliphatic heterocycles. The summed E-state index contributed by atoms with van der Waals surface area (Å²) in [5.74, 6) is 0.486. The molecule has 2 aromatic rings. The van der Waals surface area contributed by atoms with E-state index in [-0.39, 0.29) is 23.8 Å². The largest absolute Gasteiger partial charge is 0.496 e. The number of carbonyl (C=O) groups excluding carboxylic acids is 1. The summed E-state index contributed by atoms with van der Waals surface area (Å²) in [6.45, 7) is 9.53. The van der Waals surface area contributed by atoms with Crippen LogP contribution in [0.3, 0.4) is 0 Å². The van der Waals surface area contributed by atoms with E-state index in [0.717, 1.165) is 0 Å². The first-order valence-electron chi connectivity index (χ1n) is 9.97. The first-order chi connectivity index (χ1) is 14.2. The van der Waals surface area contributed by atoms with Gasteiger partial charge >= 0.3 is 0 Å². The summed E-state index contributed by atoms with van der Waals surface area (Å²) in [6.07, 6.45) is 1.73. The summed E-state index contributed by atoms with van der Waals surface area (Å²) in [5.41, 5.74) is 2.90. The minimum Gasteiger partial charge on any atom is -0.496 e. The van der Waals surface area contributed by atoms with Crippen molar-refractivity contribution in [2.45, 2.75) is 46.7 Å². The Bertz CT molecular complexity index is 936. The monoisotopic (exact) mass is 414 g/mol. The molecule has 0 aliphatic carbocycles. The molecular weight excluding hydrogens is 383 g/mol. The van der Waals surface area contributed by atoms with E-state index >= 15 is 0 Å². The van der Waals surface area contributed by atoms with Crippen LogP contribution >= 0.6 is 0 Å². The normalized spacial score (nSPS) is 11.6. The highest BCUT2D eigenvalue weighted by Crippen LogP contribution is 2.38. The number of anilines is 1. The Hall–Kier alpha value is -3.02. The number of rotatable bonds is 8. The smallest absolute Gasteiger partial charge is 0.247 e. The molecular formula is C24H31FN2O3. The second-order valence-electron chi connectivity index (χ2n) is 7.74. The highest BCUT2D eigenvalue weighted by Gasteiger charge is 2.16. The molecule has 5 nitrogen and oxygen atoms in total. The maximum absolute atomic E-state index is 14.9. The molecule has 0 radical (unpaired) electrons. The fraction of sp³-hybridized carbons (Fsp3) is 0.375. The van der Waals surface area contributed by atoms with Crippen LogP contribution in [0.4, 0.5) is 10.1 Å². The third kappa shape index (κ3) is 5.75. The third-order valence-electron chi connectivity index (χ3n) is 4.42. The zero-order chi connectivity index (χ0) is 22.4. The van der Waals surface area contributed by atoms with Crippen molar-refractivity contribution in [3.63, 3.8) is 0 Å². The predicted molar refractivity (Wildman–Crippen MR) is 121 cm³/mol. The molecule has 0 aliphatic rings. The lowest BCUT2D eigenvalue weighted by molar-refractivity contribution is -0.117. The molecule has 162 valence electrons. The van der Waals surface area contributed by atoms with E-state index in [9.17, 15) is 9.18 Å². The van der Waals surface area contributed by atoms with Crippen molar-refractivity contribution in [2.24, 2.45) is 0 Å². The lowest BCUT2D eigenvalue weighted by Gasteiger charge is -2.16. The van der Waals surface area contributed by atoms with Crippen molar-refractivity contribution in [3.8, 4) is 22.6 Å². The Morgan fingerprint density at radius 2 is 1.63 bits per heavy atom. The van der Waals surface area contributed by atoms with Crippen LogP contribution in [-0.2, 0) is 4.79 Å². The van der Waals surface area contributed by atoms with Gasteiger partial charge in [-0.3, -0.25) is 4.79 Å². The van der Waals surface area contributed by atoms with Crippen LogP contribution in [0.1, 0.15) is 40.2 Å². The van der Waals surface area contributed by atoms with E-state index < -0.39 is 0 Å². The molecule has 2 rings (SSSR count). The average Bonchev–Trinajstić information content (AvgIpc) is 2.67. The molecule has 0 saturated carbocycles. The maximum Gasteiger partial charge on any atom is 0.247 e. The first-order valence-corrected chi connectivity index (χ1v) is 9.97. The van der Waals surface area contributed by atoms with Crippen LogP contribution in [0.2, 0.25) is 0 Å². The quantitative estimate of drug-likeness (QED) is 0.579. The van der Waals surface area contributed by atoms with Gasteiger partial charge < -0.3 is 20.1 Å². The predicted octanol–water partition coefficient (Wildman–Crippen LogP) is 5.26. The summed E-state index contributed by atoms with van der Waals surface area (Å²) < 4.78 is 25.9. The molecule has 0 fully saturated rings. The topological polar surface area (TPSA) is 59.6 Å². The van der Waals surface area contributed by atoms with E-state index in [4.69, 9.17) is 9.47 Å². The maximum atomic E-state index is 14.9. The number of amides is 1. The van der Waals surface area contributed by atoms with Crippen LogP contribution in [0.5, 0.6) is 11.5 Å². The van der Waals surface area contributed by atoms with Crippen LogP contribution in [-0.4, -0.2) is 32.2 Å². The number of hydrogen-bond donors (Lipinski definition) is 2. The second kappa shape index (κ2) is 10.1. The molecule has 1 amide bonds. The molecule has 0 aromatic heterocycles. The molecule has 6 heteroatoms. The molecule has 30 heavy (non-hydrogen) atoms. The SMILES string of the molecule is COc1cc(-c2ccc(NC(C)C)cc2F)c(OC)cc1C=C(C)C(=O)NC(C)C. The Balaban J connectivity index is 2.50. The van der Waals surface area contributed by atoms with Gasteiger partial charge in [0.15, 0.2) is 0 Å². The number of carbonyl (C=O) groups is 1. The second-order valence-corrected chi connectivity index (χ2v) is 7.74. The minimum atomic E-state index is -0.364. The van der Waals surface area contributed by atoms with Crippen molar-refractivity contribution < 1.29 is 18.7 Å². The molecule has 0 unspecified atom stereocenters. The van der Waals surface area contributed by atoms with Crippen LogP contribution in [0.25, 0.3) is 17.2 Å². The van der Waals surface area contributed by atoms with Crippen molar-refractivity contribution in [1.82, 2.24) is 5.32 Å². The van der Waals surface area contributed by atoms with Gasteiger partial charge in [0.25, 0.3) is 0 Å². The van der Waals surface area contributed by atoms with Gasteiger partial charge in [-0.25, -0.2) is 4.39 Å². The molecule has 0 atom stereocenters. The highest BCUT2D eigenvalue weighted by molar-refractivity contribution is 5.98. The lowest BCUT2D eigenvalue weighted by atomic mass is 9.99. The van der Waals surface area contributed by atoms with Crippen molar-refractivity contribution in [2.75, 3.05) is 19.5 Å².